The van der Waals surface area contributed by atoms with Gasteiger partial charge in [0.2, 0.25) is 0 Å². The molecule has 2 aliphatic rings. The van der Waals surface area contributed by atoms with Gasteiger partial charge in [-0.1, -0.05) is 42.8 Å². The van der Waals surface area contributed by atoms with Crippen LogP contribution in [0.25, 0.3) is 0 Å². The van der Waals surface area contributed by atoms with Crippen molar-refractivity contribution in [2.45, 2.75) is 32.1 Å². The quantitative estimate of drug-likeness (QED) is 0.372. The van der Waals surface area contributed by atoms with Crippen molar-refractivity contribution in [2.75, 3.05) is 13.1 Å². The zero-order valence-corrected chi connectivity index (χ0v) is 16.3. The molecule has 2 fully saturated rings. The van der Waals surface area contributed by atoms with Crippen molar-refractivity contribution in [3.8, 4) is 11.5 Å². The summed E-state index contributed by atoms with van der Waals surface area (Å²) in [6.45, 7) is 1.93. The third kappa shape index (κ3) is 4.54. The summed E-state index contributed by atoms with van der Waals surface area (Å²) in [6, 6.07) is 18.3. The fraction of sp³-hybridized carbons (Fsp3) is 0.381. The van der Waals surface area contributed by atoms with Gasteiger partial charge in [-0.25, -0.2) is 4.57 Å². The van der Waals surface area contributed by atoms with E-state index in [2.05, 4.69) is 9.66 Å². The van der Waals surface area contributed by atoms with Gasteiger partial charge in [-0.2, -0.15) is 0 Å². The van der Waals surface area contributed by atoms with Gasteiger partial charge in [-0.05, 0) is 49.9 Å². The molecule has 1 heterocycles. The summed E-state index contributed by atoms with van der Waals surface area (Å²) in [5.74, 6) is 2.24. The maximum absolute atomic E-state index is 13.7. The molecule has 1 saturated heterocycles. The first-order valence-corrected chi connectivity index (χ1v) is 11.2. The van der Waals surface area contributed by atoms with Crippen LogP contribution in [0.1, 0.15) is 32.1 Å². The Labute approximate surface area is 160 Å². The molecule has 0 spiro atoms. The van der Waals surface area contributed by atoms with Crippen LogP contribution in [0.3, 0.4) is 0 Å². The third-order valence-electron chi connectivity index (χ3n) is 5.05. The van der Waals surface area contributed by atoms with Gasteiger partial charge in [0, 0.05) is 19.0 Å². The van der Waals surface area contributed by atoms with Crippen molar-refractivity contribution in [1.82, 2.24) is 4.90 Å². The minimum Gasteiger partial charge on any atom is -0.399 e. The first kappa shape index (κ1) is 18.1. The summed E-state index contributed by atoms with van der Waals surface area (Å²) >= 11 is 0. The van der Waals surface area contributed by atoms with Crippen LogP contribution < -0.4 is 9.05 Å². The van der Waals surface area contributed by atoms with Gasteiger partial charge in [0.25, 0.3) is 0 Å². The summed E-state index contributed by atoms with van der Waals surface area (Å²) in [5.41, 5.74) is 0. The van der Waals surface area contributed by atoms with Crippen molar-refractivity contribution in [2.24, 2.45) is 10.7 Å². The highest BCUT2D eigenvalue weighted by Crippen LogP contribution is 2.51. The van der Waals surface area contributed by atoms with E-state index >= 15 is 0 Å². The van der Waals surface area contributed by atoms with E-state index in [9.17, 15) is 4.57 Å². The first-order valence-electron chi connectivity index (χ1n) is 9.66. The molecule has 0 bridgehead atoms. The molecule has 0 atom stereocenters. The highest BCUT2D eigenvalue weighted by molar-refractivity contribution is 7.53. The standard InChI is InChI=1S/C21H25N2O3P/c24-27(25-19-12-3-1-4-13-19,26-20-14-5-2-6-15-20)22-21(18-10-9-11-18)23-16-7-8-17-23/h1-6,12-15,18H,7-11,16-17H2/b22-21+. The summed E-state index contributed by atoms with van der Waals surface area (Å²) < 4.78 is 30.0. The number of para-hydroxylation sites is 2. The predicted octanol–water partition coefficient (Wildman–Crippen LogP) is 5.55. The number of hydrogen-bond acceptors (Lipinski definition) is 3. The molecule has 1 saturated carbocycles. The Morgan fingerprint density at radius 1 is 0.852 bits per heavy atom. The summed E-state index contributed by atoms with van der Waals surface area (Å²) in [6.07, 6.45) is 5.67. The van der Waals surface area contributed by atoms with Crippen molar-refractivity contribution < 1.29 is 13.6 Å². The first-order chi connectivity index (χ1) is 13.2. The molecule has 2 aromatic rings. The number of rotatable bonds is 6. The van der Waals surface area contributed by atoms with Gasteiger partial charge in [-0.15, -0.1) is 4.76 Å². The molecule has 0 amide bonds. The number of likely N-dealkylation sites (tertiary alicyclic amines) is 1. The van der Waals surface area contributed by atoms with Gasteiger partial charge < -0.3 is 13.9 Å². The van der Waals surface area contributed by atoms with Crippen molar-refractivity contribution in [3.05, 3.63) is 60.7 Å². The molecule has 4 rings (SSSR count). The number of benzene rings is 2. The molecule has 5 nitrogen and oxygen atoms in total. The van der Waals surface area contributed by atoms with Gasteiger partial charge >= 0.3 is 7.75 Å². The Morgan fingerprint density at radius 2 is 1.37 bits per heavy atom. The fourth-order valence-electron chi connectivity index (χ4n) is 3.43. The molecule has 0 N–H and O–H groups in total. The van der Waals surface area contributed by atoms with E-state index < -0.39 is 7.75 Å². The minimum atomic E-state index is -3.76. The van der Waals surface area contributed by atoms with Crippen LogP contribution in [0.2, 0.25) is 0 Å². The highest BCUT2D eigenvalue weighted by Gasteiger charge is 2.36. The van der Waals surface area contributed by atoms with Crippen LogP contribution in [-0.2, 0) is 4.57 Å². The average molecular weight is 384 g/mol. The van der Waals surface area contributed by atoms with E-state index in [1.807, 2.05) is 36.4 Å². The second kappa shape index (κ2) is 8.18. The Bertz CT molecular complexity index is 770. The van der Waals surface area contributed by atoms with E-state index in [0.717, 1.165) is 44.6 Å². The number of hydrogen-bond donors (Lipinski definition) is 0. The predicted molar refractivity (Wildman–Crippen MR) is 107 cm³/mol. The maximum atomic E-state index is 13.7. The van der Waals surface area contributed by atoms with Crippen molar-refractivity contribution in [3.63, 3.8) is 0 Å². The Morgan fingerprint density at radius 3 is 1.81 bits per heavy atom. The molecule has 2 aromatic carbocycles. The minimum absolute atomic E-state index is 0.357. The van der Waals surface area contributed by atoms with Crippen molar-refractivity contribution >= 4 is 13.6 Å². The number of amidine groups is 1. The Hall–Kier alpha value is -2.26. The smallest absolute Gasteiger partial charge is 0.399 e. The summed E-state index contributed by atoms with van der Waals surface area (Å²) in [4.78, 5) is 2.26. The van der Waals surface area contributed by atoms with E-state index in [0.29, 0.717) is 17.4 Å². The van der Waals surface area contributed by atoms with E-state index in [-0.39, 0.29) is 0 Å². The van der Waals surface area contributed by atoms with Gasteiger partial charge in [0.05, 0.1) is 0 Å². The SMILES string of the molecule is O=P(/N=C(\C1CCC1)N1CCCC1)(Oc1ccccc1)Oc1ccccc1. The van der Waals surface area contributed by atoms with Crippen LogP contribution in [-0.4, -0.2) is 23.8 Å². The molecule has 6 heteroatoms. The van der Waals surface area contributed by atoms with Gasteiger partial charge in [0.15, 0.2) is 0 Å². The van der Waals surface area contributed by atoms with Crippen LogP contribution in [0.15, 0.2) is 65.4 Å². The van der Waals surface area contributed by atoms with E-state index in [1.165, 1.54) is 6.42 Å². The fourth-order valence-corrected chi connectivity index (χ4v) is 4.87. The highest BCUT2D eigenvalue weighted by atomic mass is 31.2. The molecule has 27 heavy (non-hydrogen) atoms. The van der Waals surface area contributed by atoms with Crippen molar-refractivity contribution in [1.29, 1.82) is 0 Å². The monoisotopic (exact) mass is 384 g/mol. The van der Waals surface area contributed by atoms with Gasteiger partial charge in [0.1, 0.15) is 17.3 Å². The van der Waals surface area contributed by atoms with Crippen LogP contribution in [0.4, 0.5) is 0 Å². The zero-order valence-electron chi connectivity index (χ0n) is 15.4. The number of nitrogens with zero attached hydrogens (tertiary/aromatic N) is 2. The third-order valence-corrected chi connectivity index (χ3v) is 6.39. The Balaban J connectivity index is 1.67. The lowest BCUT2D eigenvalue weighted by Crippen LogP contribution is -2.37. The normalized spacial score (nSPS) is 18.2. The van der Waals surface area contributed by atoms with Crippen LogP contribution >= 0.6 is 7.75 Å². The lowest BCUT2D eigenvalue weighted by Gasteiger charge is -2.33. The molecule has 0 radical (unpaired) electrons. The van der Waals surface area contributed by atoms with Gasteiger partial charge in [-0.3, -0.25) is 0 Å². The summed E-state index contributed by atoms with van der Waals surface area (Å²) in [5, 5.41) is 0. The molecule has 1 aliphatic heterocycles. The molecule has 142 valence electrons. The molecular formula is C21H25N2O3P. The largest absolute Gasteiger partial charge is 0.564 e. The van der Waals surface area contributed by atoms with Crippen LogP contribution in [0, 0.1) is 5.92 Å². The Kier molecular flexibility index (Phi) is 5.49. The second-order valence-corrected chi connectivity index (χ2v) is 8.56. The average Bonchev–Trinajstić information content (AvgIpc) is 3.16. The lowest BCUT2D eigenvalue weighted by atomic mass is 9.84. The molecule has 0 unspecified atom stereocenters. The van der Waals surface area contributed by atoms with E-state index in [1.54, 1.807) is 24.3 Å². The zero-order chi connectivity index (χ0) is 18.5. The second-order valence-electron chi connectivity index (χ2n) is 7.06. The molecule has 0 aromatic heterocycles. The lowest BCUT2D eigenvalue weighted by molar-refractivity contribution is 0.356. The maximum Gasteiger partial charge on any atom is 0.564 e. The van der Waals surface area contributed by atoms with E-state index in [4.69, 9.17) is 9.05 Å². The molecule has 1 aliphatic carbocycles. The topological polar surface area (TPSA) is 51.1 Å². The molecular weight excluding hydrogens is 359 g/mol. The summed E-state index contributed by atoms with van der Waals surface area (Å²) in [7, 11) is -3.76. The van der Waals surface area contributed by atoms with Crippen LogP contribution in [0.5, 0.6) is 11.5 Å².